The van der Waals surface area contributed by atoms with E-state index in [2.05, 4.69) is 34.7 Å². The van der Waals surface area contributed by atoms with Crippen molar-refractivity contribution in [3.8, 4) is 17.2 Å². The summed E-state index contributed by atoms with van der Waals surface area (Å²) < 4.78 is 16.4. The summed E-state index contributed by atoms with van der Waals surface area (Å²) in [4.78, 5) is 6.93. The molecule has 0 bridgehead atoms. The van der Waals surface area contributed by atoms with Crippen LogP contribution in [0.3, 0.4) is 0 Å². The summed E-state index contributed by atoms with van der Waals surface area (Å²) in [6, 6.07) is 9.92. The molecule has 0 saturated carbocycles. The first-order chi connectivity index (χ1) is 12.3. The molecule has 1 aromatic carbocycles. The summed E-state index contributed by atoms with van der Waals surface area (Å²) in [5.74, 6) is 3.01. The number of ether oxygens (including phenoxy) is 3. The zero-order valence-electron chi connectivity index (χ0n) is 14.9. The average molecular weight is 489 g/mol. The Morgan fingerprint density at radius 2 is 1.96 bits per heavy atom. The number of aliphatic imine (C=N–C) groups is 1. The first kappa shape index (κ1) is 20.6. The highest BCUT2D eigenvalue weighted by Gasteiger charge is 2.13. The van der Waals surface area contributed by atoms with Crippen molar-refractivity contribution in [2.45, 2.75) is 19.9 Å². The molecule has 2 N–H and O–H groups in total. The topological polar surface area (TPSA) is 64.1 Å². The van der Waals surface area contributed by atoms with Gasteiger partial charge >= 0.3 is 0 Å². The minimum atomic E-state index is 0. The lowest BCUT2D eigenvalue weighted by Gasteiger charge is -2.12. The van der Waals surface area contributed by atoms with E-state index in [9.17, 15) is 0 Å². The Morgan fingerprint density at radius 1 is 1.15 bits per heavy atom. The lowest BCUT2D eigenvalue weighted by Crippen LogP contribution is -2.38. The van der Waals surface area contributed by atoms with Crippen molar-refractivity contribution in [3.63, 3.8) is 0 Å². The van der Waals surface area contributed by atoms with Crippen molar-refractivity contribution >= 4 is 41.3 Å². The predicted octanol–water partition coefficient (Wildman–Crippen LogP) is 3.40. The molecule has 0 amide bonds. The third-order valence-electron chi connectivity index (χ3n) is 3.73. The molecule has 0 radical (unpaired) electrons. The van der Waals surface area contributed by atoms with Gasteiger partial charge in [-0.25, -0.2) is 0 Å². The third kappa shape index (κ3) is 5.66. The Morgan fingerprint density at radius 3 is 2.73 bits per heavy atom. The summed E-state index contributed by atoms with van der Waals surface area (Å²) in [7, 11) is 1.76. The summed E-state index contributed by atoms with van der Waals surface area (Å²) in [6.07, 6.45) is 1.08. The van der Waals surface area contributed by atoms with Crippen LogP contribution in [0.25, 0.3) is 0 Å². The predicted molar refractivity (Wildman–Crippen MR) is 115 cm³/mol. The van der Waals surface area contributed by atoms with Crippen LogP contribution in [-0.4, -0.2) is 33.0 Å². The highest BCUT2D eigenvalue weighted by atomic mass is 127. The molecular weight excluding hydrogens is 465 g/mol. The van der Waals surface area contributed by atoms with Crippen LogP contribution in [0.5, 0.6) is 17.2 Å². The zero-order chi connectivity index (χ0) is 17.5. The van der Waals surface area contributed by atoms with Crippen molar-refractivity contribution < 1.29 is 14.2 Å². The van der Waals surface area contributed by atoms with Crippen LogP contribution in [0.1, 0.15) is 16.7 Å². The van der Waals surface area contributed by atoms with Gasteiger partial charge in [0, 0.05) is 22.9 Å². The summed E-state index contributed by atoms with van der Waals surface area (Å²) >= 11 is 1.83. The van der Waals surface area contributed by atoms with Gasteiger partial charge in [0.2, 0.25) is 6.79 Å². The van der Waals surface area contributed by atoms with E-state index in [0.29, 0.717) is 13.2 Å². The fourth-order valence-corrected chi connectivity index (χ4v) is 3.30. The van der Waals surface area contributed by atoms with E-state index in [-0.39, 0.29) is 30.8 Å². The molecule has 0 spiro atoms. The molecule has 26 heavy (non-hydrogen) atoms. The lowest BCUT2D eigenvalue weighted by molar-refractivity contribution is 0.173. The first-order valence-electron chi connectivity index (χ1n) is 8.33. The molecule has 0 aliphatic carbocycles. The Hall–Kier alpha value is -1.68. The molecule has 0 saturated heterocycles. The van der Waals surface area contributed by atoms with Gasteiger partial charge in [0.05, 0.1) is 13.1 Å². The molecule has 2 heterocycles. The van der Waals surface area contributed by atoms with Crippen LogP contribution in [-0.2, 0) is 13.0 Å². The largest absolute Gasteiger partial charge is 0.492 e. The molecule has 6 nitrogen and oxygen atoms in total. The van der Waals surface area contributed by atoms with Crippen LogP contribution >= 0.6 is 35.3 Å². The summed E-state index contributed by atoms with van der Waals surface area (Å²) in [5.41, 5.74) is 0. The molecule has 2 aromatic rings. The highest BCUT2D eigenvalue weighted by Crippen LogP contribution is 2.34. The van der Waals surface area contributed by atoms with Gasteiger partial charge < -0.3 is 24.8 Å². The van der Waals surface area contributed by atoms with Gasteiger partial charge in [-0.3, -0.25) is 4.99 Å². The molecule has 3 rings (SSSR count). The van der Waals surface area contributed by atoms with Crippen molar-refractivity contribution in [1.82, 2.24) is 10.6 Å². The number of aryl methyl sites for hydroxylation is 1. The normalized spacial score (nSPS) is 12.5. The molecule has 1 aliphatic heterocycles. The van der Waals surface area contributed by atoms with E-state index in [0.717, 1.165) is 36.2 Å². The minimum Gasteiger partial charge on any atom is -0.492 e. The average Bonchev–Trinajstić information content (AvgIpc) is 3.29. The molecule has 0 fully saturated rings. The number of benzene rings is 1. The fraction of sp³-hybridized carbons (Fsp3) is 0.389. The van der Waals surface area contributed by atoms with Crippen molar-refractivity contribution in [2.24, 2.45) is 4.99 Å². The molecule has 1 aromatic heterocycles. The van der Waals surface area contributed by atoms with Crippen molar-refractivity contribution in [3.05, 3.63) is 40.1 Å². The Balaban J connectivity index is 0.00000243. The molecular formula is C18H24IN3O3S. The second-order valence-corrected chi connectivity index (χ2v) is 6.69. The third-order valence-corrected chi connectivity index (χ3v) is 4.96. The van der Waals surface area contributed by atoms with E-state index < -0.39 is 0 Å². The number of hydrogen-bond donors (Lipinski definition) is 2. The van der Waals surface area contributed by atoms with Gasteiger partial charge in [-0.05, 0) is 30.7 Å². The second-order valence-electron chi connectivity index (χ2n) is 5.44. The Kier molecular flexibility index (Phi) is 8.30. The number of nitrogens with zero attached hydrogens (tertiary/aromatic N) is 1. The molecule has 0 unspecified atom stereocenters. The number of guanidine groups is 1. The number of hydrogen-bond acceptors (Lipinski definition) is 5. The first-order valence-corrected chi connectivity index (χ1v) is 9.14. The van der Waals surface area contributed by atoms with E-state index in [1.165, 1.54) is 9.75 Å². The van der Waals surface area contributed by atoms with Crippen molar-refractivity contribution in [1.29, 1.82) is 0 Å². The summed E-state index contributed by atoms with van der Waals surface area (Å²) in [5, 5.41) is 6.56. The zero-order valence-corrected chi connectivity index (χ0v) is 18.1. The van der Waals surface area contributed by atoms with E-state index >= 15 is 0 Å². The quantitative estimate of drug-likeness (QED) is 0.270. The minimum absolute atomic E-state index is 0. The van der Waals surface area contributed by atoms with Crippen LogP contribution in [0, 0.1) is 0 Å². The molecule has 142 valence electrons. The lowest BCUT2D eigenvalue weighted by atomic mass is 10.3. The Bertz CT molecular complexity index is 736. The molecule has 0 atom stereocenters. The number of rotatable bonds is 7. The number of halogens is 1. The monoisotopic (exact) mass is 489 g/mol. The van der Waals surface area contributed by atoms with Gasteiger partial charge in [-0.15, -0.1) is 35.3 Å². The number of thiophene rings is 1. The van der Waals surface area contributed by atoms with Gasteiger partial charge in [0.1, 0.15) is 12.4 Å². The van der Waals surface area contributed by atoms with Crippen LogP contribution in [0.4, 0.5) is 0 Å². The van der Waals surface area contributed by atoms with Gasteiger partial charge in [-0.1, -0.05) is 6.92 Å². The maximum atomic E-state index is 5.73. The summed E-state index contributed by atoms with van der Waals surface area (Å²) in [6.45, 7) is 4.39. The SMILES string of the molecule is CCc1ccc(CNC(=NC)NCCOc2ccc3c(c2)OCO3)s1.I. The van der Waals surface area contributed by atoms with E-state index in [1.54, 1.807) is 7.05 Å². The van der Waals surface area contributed by atoms with Crippen molar-refractivity contribution in [2.75, 3.05) is 27.0 Å². The maximum Gasteiger partial charge on any atom is 0.231 e. The Labute approximate surface area is 175 Å². The van der Waals surface area contributed by atoms with Crippen LogP contribution < -0.4 is 24.8 Å². The number of nitrogens with one attached hydrogen (secondary N) is 2. The van der Waals surface area contributed by atoms with Gasteiger partial charge in [0.15, 0.2) is 17.5 Å². The van der Waals surface area contributed by atoms with E-state index in [4.69, 9.17) is 14.2 Å². The number of fused-ring (bicyclic) bond motifs is 1. The van der Waals surface area contributed by atoms with Crippen LogP contribution in [0.15, 0.2) is 35.3 Å². The molecule has 8 heteroatoms. The molecule has 1 aliphatic rings. The van der Waals surface area contributed by atoms with Gasteiger partial charge in [0.25, 0.3) is 0 Å². The van der Waals surface area contributed by atoms with Crippen LogP contribution in [0.2, 0.25) is 0 Å². The second kappa shape index (κ2) is 10.5. The standard InChI is InChI=1S/C18H23N3O3S.HI/c1-3-14-5-6-15(25-14)11-21-18(19-2)20-8-9-22-13-4-7-16-17(10-13)24-12-23-16;/h4-7,10H,3,8-9,11-12H2,1-2H3,(H2,19,20,21);1H. The van der Waals surface area contributed by atoms with Gasteiger partial charge in [-0.2, -0.15) is 0 Å². The fourth-order valence-electron chi connectivity index (χ4n) is 2.40. The highest BCUT2D eigenvalue weighted by molar-refractivity contribution is 14.0. The smallest absolute Gasteiger partial charge is 0.231 e. The maximum absolute atomic E-state index is 5.73. The van der Waals surface area contributed by atoms with E-state index in [1.807, 2.05) is 29.5 Å².